The first kappa shape index (κ1) is 19.3. The second kappa shape index (κ2) is 8.36. The normalized spacial score (nSPS) is 15.6. The third-order valence-electron chi connectivity index (χ3n) is 3.63. The molecule has 1 aliphatic rings. The molecule has 0 fully saturated rings. The molecule has 1 N–H and O–H groups in total. The molecule has 0 saturated carbocycles. The van der Waals surface area contributed by atoms with Gasteiger partial charge >= 0.3 is 0 Å². The van der Waals surface area contributed by atoms with Gasteiger partial charge in [-0.05, 0) is 25.5 Å². The molecule has 0 bridgehead atoms. The molecule has 0 unspecified atom stereocenters. The van der Waals surface area contributed by atoms with Crippen molar-refractivity contribution in [3.63, 3.8) is 0 Å². The monoisotopic (exact) mass is 384 g/mol. The quantitative estimate of drug-likeness (QED) is 0.620. The number of rotatable bonds is 5. The van der Waals surface area contributed by atoms with E-state index < -0.39 is 11.7 Å². The number of carbonyl (C=O) groups excluding carboxylic acids is 2. The lowest BCUT2D eigenvalue weighted by molar-refractivity contribution is -0.116. The van der Waals surface area contributed by atoms with Crippen molar-refractivity contribution in [2.45, 2.75) is 20.3 Å². The summed E-state index contributed by atoms with van der Waals surface area (Å²) in [6, 6.07) is 4.70. The van der Waals surface area contributed by atoms with Gasteiger partial charge in [-0.3, -0.25) is 9.59 Å². The van der Waals surface area contributed by atoms with E-state index in [-0.39, 0.29) is 40.0 Å². The zero-order valence-corrected chi connectivity index (χ0v) is 15.4. The highest BCUT2D eigenvalue weighted by molar-refractivity contribution is 6.39. The van der Waals surface area contributed by atoms with Crippen molar-refractivity contribution >= 4 is 40.6 Å². The Morgan fingerprint density at radius 3 is 2.44 bits per heavy atom. The summed E-state index contributed by atoms with van der Waals surface area (Å²) in [5.74, 6) is -1.16. The minimum absolute atomic E-state index is 0.102. The zero-order chi connectivity index (χ0) is 18.6. The van der Waals surface area contributed by atoms with Crippen LogP contribution in [0, 0.1) is 0 Å². The van der Waals surface area contributed by atoms with Crippen molar-refractivity contribution in [1.29, 1.82) is 0 Å². The topological polar surface area (TPSA) is 79.2 Å². The highest BCUT2D eigenvalue weighted by atomic mass is 35.5. The molecule has 0 aliphatic carbocycles. The fourth-order valence-electron chi connectivity index (χ4n) is 2.49. The minimum atomic E-state index is -0.519. The number of carbonyl (C=O) groups is 2. The number of benzene rings is 1. The number of aliphatic hydroxyl groups is 1. The first-order valence-corrected chi connectivity index (χ1v) is 8.54. The molecule has 134 valence electrons. The van der Waals surface area contributed by atoms with Crippen molar-refractivity contribution in [3.8, 4) is 0 Å². The number of Topliss-reactive ketones (excluding diaryl/α,β-unsaturated/α-hetero) is 1. The van der Waals surface area contributed by atoms with E-state index in [2.05, 4.69) is 5.16 Å². The standard InChI is InChI=1S/C17H18Cl2N2O4/c1-3-12(20-25-4-2)16-13(22)8-21(9-14(16)23)17(24)15-10(18)6-5-7-11(15)19/h5-7,22H,3-4,8-9H2,1-2H3. The van der Waals surface area contributed by atoms with Crippen molar-refractivity contribution in [3.05, 3.63) is 45.1 Å². The van der Waals surface area contributed by atoms with Crippen LogP contribution in [0.2, 0.25) is 10.0 Å². The van der Waals surface area contributed by atoms with Gasteiger partial charge in [0.05, 0.1) is 40.0 Å². The summed E-state index contributed by atoms with van der Waals surface area (Å²) in [5, 5.41) is 14.6. The van der Waals surface area contributed by atoms with Gasteiger partial charge in [0, 0.05) is 0 Å². The Kier molecular flexibility index (Phi) is 6.45. The Balaban J connectivity index is 2.32. The van der Waals surface area contributed by atoms with Gasteiger partial charge in [-0.1, -0.05) is 41.3 Å². The number of hydrogen-bond acceptors (Lipinski definition) is 5. The molecule has 6 nitrogen and oxygen atoms in total. The first-order chi connectivity index (χ1) is 11.9. The summed E-state index contributed by atoms with van der Waals surface area (Å²) in [6.45, 7) is 3.58. The van der Waals surface area contributed by atoms with Crippen molar-refractivity contribution < 1.29 is 19.5 Å². The number of aliphatic hydroxyl groups excluding tert-OH is 1. The predicted molar refractivity (Wildman–Crippen MR) is 96.4 cm³/mol. The maximum absolute atomic E-state index is 12.7. The van der Waals surface area contributed by atoms with Gasteiger partial charge in [-0.25, -0.2) is 0 Å². The lowest BCUT2D eigenvalue weighted by atomic mass is 9.98. The fourth-order valence-corrected chi connectivity index (χ4v) is 3.05. The summed E-state index contributed by atoms with van der Waals surface area (Å²) in [6.07, 6.45) is 0.412. The van der Waals surface area contributed by atoms with E-state index >= 15 is 0 Å². The van der Waals surface area contributed by atoms with Gasteiger partial charge in [0.2, 0.25) is 0 Å². The molecule has 0 atom stereocenters. The second-order valence-electron chi connectivity index (χ2n) is 5.31. The van der Waals surface area contributed by atoms with E-state index in [1.54, 1.807) is 19.9 Å². The SMILES string of the molecule is CCON=C(CC)C1=C(O)CN(C(=O)c2c(Cl)cccc2Cl)CC1=O. The molecule has 8 heteroatoms. The summed E-state index contributed by atoms with van der Waals surface area (Å²) >= 11 is 12.1. The molecular weight excluding hydrogens is 367 g/mol. The maximum Gasteiger partial charge on any atom is 0.257 e. The molecule has 0 radical (unpaired) electrons. The van der Waals surface area contributed by atoms with E-state index in [1.807, 2.05) is 0 Å². The average molecular weight is 385 g/mol. The third kappa shape index (κ3) is 4.14. The Labute approximate surface area is 155 Å². The van der Waals surface area contributed by atoms with Crippen LogP contribution in [0.3, 0.4) is 0 Å². The van der Waals surface area contributed by atoms with E-state index in [1.165, 1.54) is 17.0 Å². The summed E-state index contributed by atoms with van der Waals surface area (Å²) in [7, 11) is 0. The van der Waals surface area contributed by atoms with Gasteiger partial charge in [0.15, 0.2) is 5.78 Å². The van der Waals surface area contributed by atoms with E-state index in [0.717, 1.165) is 0 Å². The minimum Gasteiger partial charge on any atom is -0.510 e. The first-order valence-electron chi connectivity index (χ1n) is 7.78. The molecule has 0 aromatic heterocycles. The molecule has 1 aliphatic heterocycles. The molecule has 0 spiro atoms. The molecule has 0 saturated heterocycles. The average Bonchev–Trinajstić information content (AvgIpc) is 2.56. The largest absolute Gasteiger partial charge is 0.510 e. The molecule has 1 amide bonds. The van der Waals surface area contributed by atoms with Crippen LogP contribution in [-0.4, -0.2) is 47.1 Å². The van der Waals surface area contributed by atoms with Crippen LogP contribution in [0.4, 0.5) is 0 Å². The summed E-state index contributed by atoms with van der Waals surface area (Å²) in [4.78, 5) is 31.3. The molecule has 1 aromatic rings. The Morgan fingerprint density at radius 1 is 1.28 bits per heavy atom. The molecule has 25 heavy (non-hydrogen) atoms. The van der Waals surface area contributed by atoms with Crippen LogP contribution in [0.15, 0.2) is 34.7 Å². The summed E-state index contributed by atoms with van der Waals surface area (Å²) < 4.78 is 0. The lowest BCUT2D eigenvalue weighted by Gasteiger charge is -2.28. The lowest BCUT2D eigenvalue weighted by Crippen LogP contribution is -2.43. The van der Waals surface area contributed by atoms with Crippen LogP contribution in [0.5, 0.6) is 0 Å². The highest BCUT2D eigenvalue weighted by Gasteiger charge is 2.33. The highest BCUT2D eigenvalue weighted by Crippen LogP contribution is 2.27. The Bertz CT molecular complexity index is 739. The number of oxime groups is 1. The number of nitrogens with zero attached hydrogens (tertiary/aromatic N) is 2. The molecule has 1 aromatic carbocycles. The van der Waals surface area contributed by atoms with Crippen LogP contribution >= 0.6 is 23.2 Å². The number of amides is 1. The number of hydrogen-bond donors (Lipinski definition) is 1. The van der Waals surface area contributed by atoms with Gasteiger partial charge in [0.1, 0.15) is 12.4 Å². The van der Waals surface area contributed by atoms with E-state index in [0.29, 0.717) is 18.7 Å². The molecular formula is C17H18Cl2N2O4. The van der Waals surface area contributed by atoms with Gasteiger partial charge in [-0.2, -0.15) is 0 Å². The summed E-state index contributed by atoms with van der Waals surface area (Å²) in [5.41, 5.74) is 0.561. The van der Waals surface area contributed by atoms with Crippen LogP contribution in [-0.2, 0) is 9.63 Å². The van der Waals surface area contributed by atoms with E-state index in [9.17, 15) is 14.7 Å². The van der Waals surface area contributed by atoms with Gasteiger partial charge in [0.25, 0.3) is 5.91 Å². The second-order valence-corrected chi connectivity index (χ2v) is 6.13. The van der Waals surface area contributed by atoms with E-state index in [4.69, 9.17) is 28.0 Å². The van der Waals surface area contributed by atoms with Crippen LogP contribution in [0.25, 0.3) is 0 Å². The van der Waals surface area contributed by atoms with Crippen molar-refractivity contribution in [2.24, 2.45) is 5.16 Å². The number of ketones is 1. The van der Waals surface area contributed by atoms with Gasteiger partial charge in [-0.15, -0.1) is 0 Å². The van der Waals surface area contributed by atoms with Crippen molar-refractivity contribution in [2.75, 3.05) is 19.7 Å². The van der Waals surface area contributed by atoms with Crippen LogP contribution < -0.4 is 0 Å². The Hall–Kier alpha value is -2.05. The molecule has 1 heterocycles. The maximum atomic E-state index is 12.7. The molecule has 2 rings (SSSR count). The zero-order valence-electron chi connectivity index (χ0n) is 13.9. The van der Waals surface area contributed by atoms with Gasteiger partial charge < -0.3 is 14.8 Å². The van der Waals surface area contributed by atoms with Crippen LogP contribution in [0.1, 0.15) is 30.6 Å². The van der Waals surface area contributed by atoms with Crippen molar-refractivity contribution in [1.82, 2.24) is 4.90 Å². The third-order valence-corrected chi connectivity index (χ3v) is 4.26. The fraction of sp³-hybridized carbons (Fsp3) is 0.353. The smallest absolute Gasteiger partial charge is 0.257 e. The predicted octanol–water partition coefficient (Wildman–Crippen LogP) is 3.63. The number of halogens is 2. The Morgan fingerprint density at radius 2 is 1.92 bits per heavy atom.